The molecule has 1 aliphatic heterocycles. The number of hydrogen-bond donors (Lipinski definition) is 1. The number of ether oxygens (including phenoxy) is 2. The fourth-order valence-electron chi connectivity index (χ4n) is 3.23. The minimum atomic E-state index is -0.231. The summed E-state index contributed by atoms with van der Waals surface area (Å²) in [5.74, 6) is 0.700. The molecule has 1 aromatic carbocycles. The van der Waals surface area contributed by atoms with Gasteiger partial charge in [-0.25, -0.2) is 0 Å². The maximum absolute atomic E-state index is 13.0. The highest BCUT2D eigenvalue weighted by atomic mass is 16.5. The fourth-order valence-corrected chi connectivity index (χ4v) is 3.23. The molecular formula is C18H23N3O3. The van der Waals surface area contributed by atoms with Crippen LogP contribution in [0.1, 0.15) is 30.1 Å². The highest BCUT2D eigenvalue weighted by Crippen LogP contribution is 2.34. The Bertz CT molecular complexity index is 672. The number of methoxy groups -OCH3 is 1. The molecule has 1 aromatic heterocycles. The number of rotatable bonds is 5. The summed E-state index contributed by atoms with van der Waals surface area (Å²) in [6.07, 6.45) is 5.02. The van der Waals surface area contributed by atoms with E-state index in [9.17, 15) is 4.79 Å². The van der Waals surface area contributed by atoms with Crippen LogP contribution in [0.15, 0.2) is 36.7 Å². The van der Waals surface area contributed by atoms with Crippen LogP contribution in [-0.4, -0.2) is 41.8 Å². The van der Waals surface area contributed by atoms with Crippen LogP contribution in [-0.2, 0) is 16.1 Å². The van der Waals surface area contributed by atoms with E-state index in [1.807, 2.05) is 31.3 Å². The Labute approximate surface area is 141 Å². The van der Waals surface area contributed by atoms with Gasteiger partial charge in [-0.3, -0.25) is 9.89 Å². The van der Waals surface area contributed by atoms with Gasteiger partial charge in [0.15, 0.2) is 0 Å². The number of aromatic amines is 1. The number of hydrogen-bond acceptors (Lipinski definition) is 4. The molecule has 1 amide bonds. The maximum Gasteiger partial charge on any atom is 0.228 e. The summed E-state index contributed by atoms with van der Waals surface area (Å²) < 4.78 is 11.2. The molecule has 3 rings (SSSR count). The first-order valence-corrected chi connectivity index (χ1v) is 8.18. The van der Waals surface area contributed by atoms with E-state index in [4.69, 9.17) is 9.47 Å². The van der Waals surface area contributed by atoms with Gasteiger partial charge in [0, 0.05) is 37.5 Å². The Kier molecular flexibility index (Phi) is 5.15. The van der Waals surface area contributed by atoms with Crippen molar-refractivity contribution in [3.63, 3.8) is 0 Å². The molecule has 0 unspecified atom stereocenters. The molecule has 1 N–H and O–H groups in total. The minimum absolute atomic E-state index is 0.0896. The standard InChI is InChI=1S/C18H23N3O3/c1-21(12-13-6-3-4-8-16(13)23-2)18(22)15-7-5-9-24-17(15)14-10-19-20-11-14/h3-4,6,8,10-11,15,17H,5,7,9,12H2,1-2H3,(H,19,20)/t15-,17+/m1/s1. The molecule has 24 heavy (non-hydrogen) atoms. The van der Waals surface area contributed by atoms with Crippen molar-refractivity contribution in [2.45, 2.75) is 25.5 Å². The number of nitrogens with one attached hydrogen (secondary N) is 1. The fraction of sp³-hybridized carbons (Fsp3) is 0.444. The quantitative estimate of drug-likeness (QED) is 0.915. The number of carbonyl (C=O) groups is 1. The number of H-pyrrole nitrogens is 1. The van der Waals surface area contributed by atoms with E-state index >= 15 is 0 Å². The van der Waals surface area contributed by atoms with E-state index in [0.29, 0.717) is 13.2 Å². The predicted octanol–water partition coefficient (Wildman–Crippen LogP) is 2.54. The van der Waals surface area contributed by atoms with Crippen LogP contribution in [0.5, 0.6) is 5.75 Å². The highest BCUT2D eigenvalue weighted by Gasteiger charge is 2.35. The van der Waals surface area contributed by atoms with E-state index < -0.39 is 0 Å². The average molecular weight is 329 g/mol. The van der Waals surface area contributed by atoms with Crippen molar-refractivity contribution in [2.24, 2.45) is 5.92 Å². The first-order chi connectivity index (χ1) is 11.7. The van der Waals surface area contributed by atoms with Crippen molar-refractivity contribution in [1.82, 2.24) is 15.1 Å². The van der Waals surface area contributed by atoms with Gasteiger partial charge < -0.3 is 14.4 Å². The highest BCUT2D eigenvalue weighted by molar-refractivity contribution is 5.79. The van der Waals surface area contributed by atoms with Crippen molar-refractivity contribution in [1.29, 1.82) is 0 Å². The Balaban J connectivity index is 1.74. The number of nitrogens with zero attached hydrogens (tertiary/aromatic N) is 2. The van der Waals surface area contributed by atoms with Gasteiger partial charge >= 0.3 is 0 Å². The zero-order valence-electron chi connectivity index (χ0n) is 14.1. The van der Waals surface area contributed by atoms with Crippen molar-refractivity contribution in [3.8, 4) is 5.75 Å². The molecule has 6 nitrogen and oxygen atoms in total. The zero-order valence-corrected chi connectivity index (χ0v) is 14.1. The molecule has 1 fully saturated rings. The van der Waals surface area contributed by atoms with Gasteiger partial charge in [0.25, 0.3) is 0 Å². The maximum atomic E-state index is 13.0. The molecular weight excluding hydrogens is 306 g/mol. The van der Waals surface area contributed by atoms with Gasteiger partial charge in [0.1, 0.15) is 5.75 Å². The molecule has 2 atom stereocenters. The second-order valence-corrected chi connectivity index (χ2v) is 6.08. The first kappa shape index (κ1) is 16.5. The van der Waals surface area contributed by atoms with Gasteiger partial charge in [0.2, 0.25) is 5.91 Å². The van der Waals surface area contributed by atoms with E-state index in [1.54, 1.807) is 24.4 Å². The van der Waals surface area contributed by atoms with E-state index in [1.165, 1.54) is 0 Å². The van der Waals surface area contributed by atoms with Gasteiger partial charge in [-0.05, 0) is 18.9 Å². The SMILES string of the molecule is COc1ccccc1CN(C)C(=O)[C@@H]1CCCO[C@H]1c1cn[nH]c1. The Morgan fingerprint density at radius 1 is 1.46 bits per heavy atom. The summed E-state index contributed by atoms with van der Waals surface area (Å²) in [6.45, 7) is 1.19. The van der Waals surface area contributed by atoms with Crippen LogP contribution in [0.25, 0.3) is 0 Å². The van der Waals surface area contributed by atoms with Crippen molar-refractivity contribution in [3.05, 3.63) is 47.8 Å². The number of amides is 1. The van der Waals surface area contributed by atoms with Crippen LogP contribution in [0, 0.1) is 5.92 Å². The lowest BCUT2D eigenvalue weighted by Gasteiger charge is -2.33. The van der Waals surface area contributed by atoms with E-state index in [2.05, 4.69) is 10.2 Å². The lowest BCUT2D eigenvalue weighted by Crippen LogP contribution is -2.38. The second-order valence-electron chi connectivity index (χ2n) is 6.08. The topological polar surface area (TPSA) is 67.4 Å². The summed E-state index contributed by atoms with van der Waals surface area (Å²) in [4.78, 5) is 14.7. The summed E-state index contributed by atoms with van der Waals surface area (Å²) in [5, 5.41) is 6.78. The largest absolute Gasteiger partial charge is 0.496 e. The van der Waals surface area contributed by atoms with Crippen molar-refractivity contribution < 1.29 is 14.3 Å². The third kappa shape index (κ3) is 3.43. The normalized spacial score (nSPS) is 20.6. The Morgan fingerprint density at radius 2 is 2.29 bits per heavy atom. The average Bonchev–Trinajstić information content (AvgIpc) is 3.16. The first-order valence-electron chi connectivity index (χ1n) is 8.18. The van der Waals surface area contributed by atoms with Gasteiger partial charge in [-0.1, -0.05) is 18.2 Å². The molecule has 0 aliphatic carbocycles. The Morgan fingerprint density at radius 3 is 3.04 bits per heavy atom. The number of para-hydroxylation sites is 1. The number of benzene rings is 1. The number of aromatic nitrogens is 2. The lowest BCUT2D eigenvalue weighted by atomic mass is 9.89. The molecule has 2 aromatic rings. The van der Waals surface area contributed by atoms with Crippen molar-refractivity contribution in [2.75, 3.05) is 20.8 Å². The summed E-state index contributed by atoms with van der Waals surface area (Å²) in [6, 6.07) is 7.77. The Hall–Kier alpha value is -2.34. The van der Waals surface area contributed by atoms with Crippen LogP contribution < -0.4 is 4.74 Å². The molecule has 0 bridgehead atoms. The van der Waals surface area contributed by atoms with Crippen LogP contribution >= 0.6 is 0 Å². The molecule has 0 spiro atoms. The van der Waals surface area contributed by atoms with Crippen molar-refractivity contribution >= 4 is 5.91 Å². The molecule has 2 heterocycles. The molecule has 0 radical (unpaired) electrons. The van der Waals surface area contributed by atoms with Crippen LogP contribution in [0.3, 0.4) is 0 Å². The molecule has 6 heteroatoms. The monoisotopic (exact) mass is 329 g/mol. The third-order valence-electron chi connectivity index (χ3n) is 4.46. The van der Waals surface area contributed by atoms with Crippen LogP contribution in [0.4, 0.5) is 0 Å². The predicted molar refractivity (Wildman–Crippen MR) is 89.5 cm³/mol. The minimum Gasteiger partial charge on any atom is -0.496 e. The summed E-state index contributed by atoms with van der Waals surface area (Å²) in [5.41, 5.74) is 1.92. The second kappa shape index (κ2) is 7.49. The molecule has 1 aliphatic rings. The van der Waals surface area contributed by atoms with E-state index in [-0.39, 0.29) is 17.9 Å². The summed E-state index contributed by atoms with van der Waals surface area (Å²) >= 11 is 0. The lowest BCUT2D eigenvalue weighted by molar-refractivity contribution is -0.144. The molecule has 0 saturated carbocycles. The summed E-state index contributed by atoms with van der Waals surface area (Å²) in [7, 11) is 3.47. The molecule has 128 valence electrons. The van der Waals surface area contributed by atoms with Crippen LogP contribution in [0.2, 0.25) is 0 Å². The smallest absolute Gasteiger partial charge is 0.228 e. The van der Waals surface area contributed by atoms with Gasteiger partial charge in [-0.2, -0.15) is 5.10 Å². The number of carbonyl (C=O) groups excluding carboxylic acids is 1. The van der Waals surface area contributed by atoms with Gasteiger partial charge in [0.05, 0.1) is 25.3 Å². The molecule has 1 saturated heterocycles. The third-order valence-corrected chi connectivity index (χ3v) is 4.46. The van der Waals surface area contributed by atoms with Gasteiger partial charge in [-0.15, -0.1) is 0 Å². The van der Waals surface area contributed by atoms with E-state index in [0.717, 1.165) is 29.7 Å². The zero-order chi connectivity index (χ0) is 16.9.